The van der Waals surface area contributed by atoms with Crippen LogP contribution in [0, 0.1) is 11.3 Å². The van der Waals surface area contributed by atoms with Crippen molar-refractivity contribution in [3.05, 3.63) is 22.7 Å². The van der Waals surface area contributed by atoms with Gasteiger partial charge in [0.2, 0.25) is 0 Å². The first-order valence-electron chi connectivity index (χ1n) is 6.59. The summed E-state index contributed by atoms with van der Waals surface area (Å²) in [7, 11) is 0. The minimum Gasteiger partial charge on any atom is -0.462 e. The molecule has 0 aromatic heterocycles. The number of nitrogens with two attached hydrogens (primary N) is 1. The number of nitrogen functional groups attached to an aromatic ring is 1. The number of halogens is 1. The van der Waals surface area contributed by atoms with Crippen LogP contribution in [0.25, 0.3) is 0 Å². The summed E-state index contributed by atoms with van der Waals surface area (Å²) in [5, 5.41) is 9.34. The third-order valence-corrected chi connectivity index (χ3v) is 3.40. The van der Waals surface area contributed by atoms with E-state index in [1.165, 1.54) is 6.07 Å². The summed E-state index contributed by atoms with van der Waals surface area (Å²) >= 11 is 6.25. The summed E-state index contributed by atoms with van der Waals surface area (Å²) < 4.78 is 10.4. The van der Waals surface area contributed by atoms with Crippen LogP contribution in [0.2, 0.25) is 5.02 Å². The molecule has 1 aliphatic heterocycles. The average molecular weight is 310 g/mol. The largest absolute Gasteiger partial charge is 0.462 e. The molecule has 1 atom stereocenters. The highest BCUT2D eigenvalue weighted by Crippen LogP contribution is 2.34. The van der Waals surface area contributed by atoms with Crippen molar-refractivity contribution < 1.29 is 14.3 Å². The fourth-order valence-electron chi connectivity index (χ4n) is 2.24. The number of carbonyl (C=O) groups excluding carboxylic acids is 1. The van der Waals surface area contributed by atoms with Gasteiger partial charge in [0.1, 0.15) is 0 Å². The van der Waals surface area contributed by atoms with Crippen LogP contribution >= 0.6 is 11.6 Å². The number of esters is 1. The molecule has 0 spiro atoms. The maximum Gasteiger partial charge on any atom is 0.340 e. The van der Waals surface area contributed by atoms with E-state index in [1.54, 1.807) is 13.0 Å². The predicted molar refractivity (Wildman–Crippen MR) is 79.4 cm³/mol. The minimum atomic E-state index is -0.553. The summed E-state index contributed by atoms with van der Waals surface area (Å²) in [5.41, 5.74) is 6.98. The molecule has 1 saturated heterocycles. The van der Waals surface area contributed by atoms with Gasteiger partial charge in [-0.15, -0.1) is 0 Å². The van der Waals surface area contributed by atoms with Crippen molar-refractivity contribution >= 4 is 28.9 Å². The highest BCUT2D eigenvalue weighted by molar-refractivity contribution is 6.34. The molecule has 1 aromatic rings. The second kappa shape index (κ2) is 6.66. The number of hydrogen-bond acceptors (Lipinski definition) is 6. The molecule has 0 aliphatic carbocycles. The molecule has 1 heterocycles. The maximum atomic E-state index is 12.1. The number of hydrogen-bond donors (Lipinski definition) is 1. The SMILES string of the molecule is CCOC(=O)c1cc(N)cc(Cl)c1N1CCOC(C#N)C1. The average Bonchev–Trinajstić information content (AvgIpc) is 2.46. The van der Waals surface area contributed by atoms with E-state index in [0.717, 1.165) is 0 Å². The van der Waals surface area contributed by atoms with E-state index in [9.17, 15) is 4.79 Å². The zero-order chi connectivity index (χ0) is 15.4. The monoisotopic (exact) mass is 309 g/mol. The first kappa shape index (κ1) is 15.4. The lowest BCUT2D eigenvalue weighted by atomic mass is 10.1. The molecule has 1 aliphatic rings. The van der Waals surface area contributed by atoms with Crippen LogP contribution in [0.15, 0.2) is 12.1 Å². The van der Waals surface area contributed by atoms with Gasteiger partial charge in [0, 0.05) is 12.2 Å². The lowest BCUT2D eigenvalue weighted by Gasteiger charge is -2.33. The fraction of sp³-hybridized carbons (Fsp3) is 0.429. The Morgan fingerprint density at radius 2 is 2.43 bits per heavy atom. The third-order valence-electron chi connectivity index (χ3n) is 3.11. The van der Waals surface area contributed by atoms with Crippen LogP contribution in [0.1, 0.15) is 17.3 Å². The first-order chi connectivity index (χ1) is 10.1. The molecule has 21 heavy (non-hydrogen) atoms. The van der Waals surface area contributed by atoms with Crippen LogP contribution < -0.4 is 10.6 Å². The summed E-state index contributed by atoms with van der Waals surface area (Å²) in [4.78, 5) is 14.0. The standard InChI is InChI=1S/C14H16ClN3O3/c1-2-20-14(19)11-5-9(17)6-12(15)13(11)18-3-4-21-10(7-16)8-18/h5-6,10H,2-4,8,17H2,1H3. The molecule has 0 radical (unpaired) electrons. The second-order valence-corrected chi connectivity index (χ2v) is 4.96. The third kappa shape index (κ3) is 3.38. The highest BCUT2D eigenvalue weighted by Gasteiger charge is 2.27. The van der Waals surface area contributed by atoms with Crippen molar-refractivity contribution in [1.29, 1.82) is 5.26 Å². The molecule has 1 fully saturated rings. The predicted octanol–water partition coefficient (Wildman–Crippen LogP) is 1.83. The number of nitriles is 1. The van der Waals surface area contributed by atoms with Crippen LogP contribution in [-0.4, -0.2) is 38.4 Å². The van der Waals surface area contributed by atoms with Crippen molar-refractivity contribution in [2.45, 2.75) is 13.0 Å². The van der Waals surface area contributed by atoms with E-state index >= 15 is 0 Å². The van der Waals surface area contributed by atoms with E-state index in [-0.39, 0.29) is 6.61 Å². The molecular formula is C14H16ClN3O3. The van der Waals surface area contributed by atoms with Crippen molar-refractivity contribution in [2.24, 2.45) is 0 Å². The Kier molecular flexibility index (Phi) is 4.89. The smallest absolute Gasteiger partial charge is 0.340 e. The summed E-state index contributed by atoms with van der Waals surface area (Å²) in [6.45, 7) is 3.25. The molecule has 0 bridgehead atoms. The van der Waals surface area contributed by atoms with Gasteiger partial charge in [0.25, 0.3) is 0 Å². The molecule has 2 N–H and O–H groups in total. The molecule has 7 heteroatoms. The Morgan fingerprint density at radius 3 is 3.10 bits per heavy atom. The number of carbonyl (C=O) groups is 1. The Balaban J connectivity index is 2.41. The topological polar surface area (TPSA) is 88.6 Å². The maximum absolute atomic E-state index is 12.1. The van der Waals surface area contributed by atoms with Gasteiger partial charge in [0.05, 0.1) is 42.1 Å². The molecule has 0 amide bonds. The van der Waals surface area contributed by atoms with Crippen LogP contribution in [0.5, 0.6) is 0 Å². The number of rotatable bonds is 3. The van der Waals surface area contributed by atoms with E-state index < -0.39 is 12.1 Å². The number of ether oxygens (including phenoxy) is 2. The van der Waals surface area contributed by atoms with Gasteiger partial charge in [-0.1, -0.05) is 11.6 Å². The Bertz CT molecular complexity index is 586. The number of morpholine rings is 1. The highest BCUT2D eigenvalue weighted by atomic mass is 35.5. The summed E-state index contributed by atoms with van der Waals surface area (Å²) in [5.74, 6) is -0.485. The fourth-order valence-corrected chi connectivity index (χ4v) is 2.58. The van der Waals surface area contributed by atoms with Crippen molar-refractivity contribution in [1.82, 2.24) is 0 Å². The van der Waals surface area contributed by atoms with Gasteiger partial charge in [0.15, 0.2) is 6.10 Å². The van der Waals surface area contributed by atoms with Gasteiger partial charge in [-0.25, -0.2) is 4.79 Å². The quantitative estimate of drug-likeness (QED) is 0.677. The Hall–Kier alpha value is -1.97. The molecule has 1 unspecified atom stereocenters. The molecule has 0 saturated carbocycles. The zero-order valence-electron chi connectivity index (χ0n) is 11.6. The Morgan fingerprint density at radius 1 is 1.67 bits per heavy atom. The van der Waals surface area contributed by atoms with Gasteiger partial charge in [-0.2, -0.15) is 5.26 Å². The lowest BCUT2D eigenvalue weighted by molar-refractivity contribution is 0.0524. The lowest BCUT2D eigenvalue weighted by Crippen LogP contribution is -2.42. The van der Waals surface area contributed by atoms with E-state index in [0.29, 0.717) is 41.7 Å². The normalized spacial score (nSPS) is 18.1. The van der Waals surface area contributed by atoms with E-state index in [1.807, 2.05) is 4.90 Å². The van der Waals surface area contributed by atoms with Crippen molar-refractivity contribution in [2.75, 3.05) is 36.9 Å². The van der Waals surface area contributed by atoms with Crippen LogP contribution in [-0.2, 0) is 9.47 Å². The molecule has 2 rings (SSSR count). The summed E-state index contributed by atoms with van der Waals surface area (Å²) in [6, 6.07) is 5.18. The van der Waals surface area contributed by atoms with Crippen molar-refractivity contribution in [3.8, 4) is 6.07 Å². The van der Waals surface area contributed by atoms with Crippen molar-refractivity contribution in [3.63, 3.8) is 0 Å². The first-order valence-corrected chi connectivity index (χ1v) is 6.97. The molecule has 1 aromatic carbocycles. The van der Waals surface area contributed by atoms with Gasteiger partial charge in [-0.05, 0) is 19.1 Å². The molecular weight excluding hydrogens is 294 g/mol. The van der Waals surface area contributed by atoms with E-state index in [2.05, 4.69) is 6.07 Å². The van der Waals surface area contributed by atoms with Crippen LogP contribution in [0.4, 0.5) is 11.4 Å². The number of nitrogens with zero attached hydrogens (tertiary/aromatic N) is 2. The van der Waals surface area contributed by atoms with Gasteiger partial charge < -0.3 is 20.1 Å². The second-order valence-electron chi connectivity index (χ2n) is 4.55. The van der Waals surface area contributed by atoms with Gasteiger partial charge in [-0.3, -0.25) is 0 Å². The Labute approximate surface area is 128 Å². The van der Waals surface area contributed by atoms with Crippen LogP contribution in [0.3, 0.4) is 0 Å². The summed E-state index contributed by atoms with van der Waals surface area (Å²) in [6.07, 6.45) is -0.553. The molecule has 6 nitrogen and oxygen atoms in total. The van der Waals surface area contributed by atoms with Gasteiger partial charge >= 0.3 is 5.97 Å². The molecule has 112 valence electrons. The zero-order valence-corrected chi connectivity index (χ0v) is 12.4. The number of anilines is 2. The minimum absolute atomic E-state index is 0.259. The number of benzene rings is 1. The van der Waals surface area contributed by atoms with E-state index in [4.69, 9.17) is 32.1 Å².